The smallest absolute Gasteiger partial charge is 0.411 e. The SMILES string of the molecule is CCCCCCCCCCCCCCN(C)C(=O)OC(C)N1C(=O)CCc2ccc(OCCCCN3CCN(c4cccc(Cl)c4Cl)CC3)cc21. The number of halogens is 2. The van der Waals surface area contributed by atoms with E-state index in [0.717, 1.165) is 81.1 Å². The molecule has 2 amide bonds. The summed E-state index contributed by atoms with van der Waals surface area (Å²) in [5.74, 6) is 0.685. The first-order chi connectivity index (χ1) is 24.8. The lowest BCUT2D eigenvalue weighted by Crippen LogP contribution is -2.46. The molecule has 2 aromatic rings. The number of anilines is 2. The lowest BCUT2D eigenvalue weighted by molar-refractivity contribution is -0.120. The van der Waals surface area contributed by atoms with Gasteiger partial charge in [-0.05, 0) is 62.9 Å². The molecule has 10 heteroatoms. The Kier molecular flexibility index (Phi) is 18.0. The van der Waals surface area contributed by atoms with Crippen LogP contribution >= 0.6 is 23.2 Å². The van der Waals surface area contributed by atoms with Crippen molar-refractivity contribution in [1.29, 1.82) is 0 Å². The van der Waals surface area contributed by atoms with E-state index in [4.69, 9.17) is 32.7 Å². The third kappa shape index (κ3) is 13.4. The Morgan fingerprint density at radius 3 is 2.18 bits per heavy atom. The third-order valence-electron chi connectivity index (χ3n) is 10.3. The van der Waals surface area contributed by atoms with Gasteiger partial charge in [0.1, 0.15) is 5.75 Å². The molecule has 0 aromatic heterocycles. The fourth-order valence-corrected chi connectivity index (χ4v) is 7.53. The molecule has 1 unspecified atom stereocenters. The van der Waals surface area contributed by atoms with E-state index in [1.165, 1.54) is 64.2 Å². The number of rotatable bonds is 22. The topological polar surface area (TPSA) is 65.6 Å². The Labute approximate surface area is 317 Å². The summed E-state index contributed by atoms with van der Waals surface area (Å²) in [6.07, 6.45) is 17.3. The number of piperazine rings is 1. The van der Waals surface area contributed by atoms with Gasteiger partial charge in [0.05, 0.1) is 28.0 Å². The van der Waals surface area contributed by atoms with Crippen molar-refractivity contribution >= 4 is 46.6 Å². The molecule has 2 aliphatic heterocycles. The maximum atomic E-state index is 13.1. The molecule has 0 spiro atoms. The minimum Gasteiger partial charge on any atom is -0.494 e. The molecule has 284 valence electrons. The molecule has 51 heavy (non-hydrogen) atoms. The molecular formula is C41H62Cl2N4O4. The summed E-state index contributed by atoms with van der Waals surface area (Å²) < 4.78 is 12.0. The number of aryl methyl sites for hydroxylation is 1. The van der Waals surface area contributed by atoms with E-state index in [9.17, 15) is 9.59 Å². The summed E-state index contributed by atoms with van der Waals surface area (Å²) in [6, 6.07) is 11.7. The molecule has 1 saturated heterocycles. The lowest BCUT2D eigenvalue weighted by Gasteiger charge is -2.36. The van der Waals surface area contributed by atoms with Crippen molar-refractivity contribution in [3.8, 4) is 5.75 Å². The highest BCUT2D eigenvalue weighted by atomic mass is 35.5. The number of fused-ring (bicyclic) bond motifs is 1. The van der Waals surface area contributed by atoms with E-state index < -0.39 is 12.3 Å². The molecule has 2 aliphatic rings. The van der Waals surface area contributed by atoms with Crippen molar-refractivity contribution < 1.29 is 19.1 Å². The van der Waals surface area contributed by atoms with Gasteiger partial charge in [-0.15, -0.1) is 0 Å². The van der Waals surface area contributed by atoms with Gasteiger partial charge in [-0.25, -0.2) is 4.79 Å². The molecule has 0 saturated carbocycles. The highest BCUT2D eigenvalue weighted by Gasteiger charge is 2.31. The van der Waals surface area contributed by atoms with E-state index in [1.54, 1.807) is 23.8 Å². The van der Waals surface area contributed by atoms with E-state index in [1.807, 2.05) is 36.4 Å². The van der Waals surface area contributed by atoms with Gasteiger partial charge < -0.3 is 19.3 Å². The summed E-state index contributed by atoms with van der Waals surface area (Å²) in [4.78, 5) is 34.1. The molecule has 8 nitrogen and oxygen atoms in total. The Morgan fingerprint density at radius 2 is 1.49 bits per heavy atom. The summed E-state index contributed by atoms with van der Waals surface area (Å²) in [7, 11) is 1.78. The van der Waals surface area contributed by atoms with Gasteiger partial charge in [-0.2, -0.15) is 0 Å². The monoisotopic (exact) mass is 744 g/mol. The molecule has 0 bridgehead atoms. The fraction of sp³-hybridized carbons (Fsp3) is 0.659. The standard InChI is InChI=1S/C41H62Cl2N4O4/c1-4-5-6-7-8-9-10-11-12-13-14-15-25-44(3)41(49)51-33(2)47-38-32-35(23-21-34(38)22-24-39(47)48)50-31-17-16-26-45-27-29-46(30-28-45)37-20-18-19-36(42)40(37)43/h18-21,23,32-33H,4-17,22,24-31H2,1-3H3. The summed E-state index contributed by atoms with van der Waals surface area (Å²) in [6.45, 7) is 10.1. The Hall–Kier alpha value is -2.68. The highest BCUT2D eigenvalue weighted by molar-refractivity contribution is 6.43. The molecule has 4 rings (SSSR count). The van der Waals surface area contributed by atoms with Crippen molar-refractivity contribution in [2.45, 2.75) is 123 Å². The average molecular weight is 746 g/mol. The summed E-state index contributed by atoms with van der Waals surface area (Å²) in [5.41, 5.74) is 2.84. The van der Waals surface area contributed by atoms with Gasteiger partial charge in [0.15, 0.2) is 6.23 Å². The van der Waals surface area contributed by atoms with Crippen molar-refractivity contribution in [1.82, 2.24) is 9.80 Å². The summed E-state index contributed by atoms with van der Waals surface area (Å²) in [5, 5.41) is 1.22. The molecule has 0 radical (unpaired) electrons. The van der Waals surface area contributed by atoms with Gasteiger partial charge in [0.2, 0.25) is 5.91 Å². The maximum absolute atomic E-state index is 13.1. The van der Waals surface area contributed by atoms with Gasteiger partial charge >= 0.3 is 6.09 Å². The molecule has 2 heterocycles. The number of carbonyl (C=O) groups is 2. The van der Waals surface area contributed by atoms with Crippen LogP contribution in [0.2, 0.25) is 10.0 Å². The fourth-order valence-electron chi connectivity index (χ4n) is 7.11. The zero-order valence-corrected chi connectivity index (χ0v) is 33.0. The highest BCUT2D eigenvalue weighted by Crippen LogP contribution is 2.34. The van der Waals surface area contributed by atoms with Crippen LogP contribution < -0.4 is 14.5 Å². The number of amides is 2. The Morgan fingerprint density at radius 1 is 0.824 bits per heavy atom. The van der Waals surface area contributed by atoms with Crippen molar-refractivity contribution in [2.75, 3.05) is 62.7 Å². The Balaban J connectivity index is 1.12. The predicted octanol–water partition coefficient (Wildman–Crippen LogP) is 10.4. The van der Waals surface area contributed by atoms with Crippen LogP contribution in [0, 0.1) is 0 Å². The molecule has 0 aliphatic carbocycles. The van der Waals surface area contributed by atoms with Gasteiger partial charge in [-0.3, -0.25) is 14.6 Å². The second-order valence-corrected chi connectivity index (χ2v) is 15.1. The molecule has 0 N–H and O–H groups in total. The predicted molar refractivity (Wildman–Crippen MR) is 212 cm³/mol. The maximum Gasteiger partial charge on any atom is 0.411 e. The number of hydrogen-bond acceptors (Lipinski definition) is 6. The van der Waals surface area contributed by atoms with E-state index in [0.29, 0.717) is 36.0 Å². The lowest BCUT2D eigenvalue weighted by atomic mass is 10.0. The van der Waals surface area contributed by atoms with Gasteiger partial charge in [0, 0.05) is 52.3 Å². The minimum atomic E-state index is -0.709. The second-order valence-electron chi connectivity index (χ2n) is 14.3. The number of unbranched alkanes of at least 4 members (excludes halogenated alkanes) is 12. The minimum absolute atomic E-state index is 0.0405. The first-order valence-electron chi connectivity index (χ1n) is 19.7. The normalized spacial score (nSPS) is 15.5. The van der Waals surface area contributed by atoms with Crippen LogP contribution in [0.25, 0.3) is 0 Å². The van der Waals surface area contributed by atoms with Gasteiger partial charge in [-0.1, -0.05) is 113 Å². The largest absolute Gasteiger partial charge is 0.494 e. The van der Waals surface area contributed by atoms with Crippen molar-refractivity contribution in [3.63, 3.8) is 0 Å². The van der Waals surface area contributed by atoms with Crippen LogP contribution in [0.15, 0.2) is 36.4 Å². The second kappa shape index (κ2) is 22.4. The first kappa shape index (κ1) is 41.1. The van der Waals surface area contributed by atoms with Crippen LogP contribution in [0.1, 0.15) is 116 Å². The zero-order valence-electron chi connectivity index (χ0n) is 31.5. The van der Waals surface area contributed by atoms with E-state index >= 15 is 0 Å². The molecule has 1 fully saturated rings. The number of hydrogen-bond donors (Lipinski definition) is 0. The molecule has 2 aromatic carbocycles. The van der Waals surface area contributed by atoms with Crippen LogP contribution in [0.5, 0.6) is 5.75 Å². The zero-order chi connectivity index (χ0) is 36.4. The average Bonchev–Trinajstić information content (AvgIpc) is 3.13. The van der Waals surface area contributed by atoms with E-state index in [-0.39, 0.29) is 5.91 Å². The number of benzene rings is 2. The van der Waals surface area contributed by atoms with Crippen LogP contribution in [0.3, 0.4) is 0 Å². The Bertz CT molecular complexity index is 1350. The van der Waals surface area contributed by atoms with Gasteiger partial charge in [0.25, 0.3) is 0 Å². The van der Waals surface area contributed by atoms with Crippen LogP contribution in [0.4, 0.5) is 16.2 Å². The van der Waals surface area contributed by atoms with E-state index in [2.05, 4.69) is 16.7 Å². The molecule has 1 atom stereocenters. The first-order valence-corrected chi connectivity index (χ1v) is 20.4. The number of nitrogens with zero attached hydrogens (tertiary/aromatic N) is 4. The third-order valence-corrected chi connectivity index (χ3v) is 11.1. The quantitative estimate of drug-likeness (QED) is 0.112. The van der Waals surface area contributed by atoms with Crippen LogP contribution in [-0.2, 0) is 16.0 Å². The number of carbonyl (C=O) groups excluding carboxylic acids is 2. The van der Waals surface area contributed by atoms with Crippen molar-refractivity contribution in [3.05, 3.63) is 52.0 Å². The van der Waals surface area contributed by atoms with Crippen molar-refractivity contribution in [2.24, 2.45) is 0 Å². The summed E-state index contributed by atoms with van der Waals surface area (Å²) >= 11 is 12.7. The molecular weight excluding hydrogens is 683 g/mol. The van der Waals surface area contributed by atoms with Crippen LogP contribution in [-0.4, -0.2) is 81.0 Å². The number of ether oxygens (including phenoxy) is 2.